The van der Waals surface area contributed by atoms with Crippen LogP contribution in [-0.2, 0) is 9.59 Å². The van der Waals surface area contributed by atoms with Crippen LogP contribution >= 0.6 is 0 Å². The number of Topliss-reactive ketones (excluding diaryl/α,β-unsaturated/α-hetero) is 1. The number of allylic oxidation sites excluding steroid dienone is 4. The third-order valence-electron chi connectivity index (χ3n) is 2.36. The van der Waals surface area contributed by atoms with Gasteiger partial charge in [0.25, 0.3) is 0 Å². The van der Waals surface area contributed by atoms with Gasteiger partial charge in [-0.05, 0) is 6.92 Å². The summed E-state index contributed by atoms with van der Waals surface area (Å²) in [6.07, 6.45) is 4.51. The molecule has 1 radical (unpaired) electrons. The van der Waals surface area contributed by atoms with E-state index in [1.807, 2.05) is 0 Å². The van der Waals surface area contributed by atoms with Gasteiger partial charge >= 0.3 is 5.97 Å². The maximum Gasteiger partial charge on any atom is 0.318 e. The first kappa shape index (κ1) is 9.51. The number of carbonyl (C=O) groups excluding carboxylic acids is 1. The maximum atomic E-state index is 11.8. The van der Waals surface area contributed by atoms with Gasteiger partial charge < -0.3 is 5.11 Å². The quantitative estimate of drug-likeness (QED) is 0.595. The molecule has 1 unspecified atom stereocenters. The van der Waals surface area contributed by atoms with E-state index in [1.54, 1.807) is 13.0 Å². The van der Waals surface area contributed by atoms with Gasteiger partial charge in [-0.15, -0.1) is 0 Å². The van der Waals surface area contributed by atoms with Crippen molar-refractivity contribution in [3.63, 3.8) is 0 Å². The number of carboxylic acids is 1. The Kier molecular flexibility index (Phi) is 2.07. The van der Waals surface area contributed by atoms with Crippen molar-refractivity contribution in [3.05, 3.63) is 35.2 Å². The molecule has 0 spiro atoms. The highest BCUT2D eigenvalue weighted by molar-refractivity contribution is 6.13. The first-order valence-electron chi connectivity index (χ1n) is 4.44. The highest BCUT2D eigenvalue weighted by Gasteiger charge is 2.33. The number of ketones is 1. The molecule has 0 aromatic heterocycles. The minimum absolute atomic E-state index is 0.392. The zero-order valence-corrected chi connectivity index (χ0v) is 8.02. The molecular weight excluding hydrogens is 196 g/mol. The standard InChI is InChI=1S/C10H9N2O3/c1-5-8-6(4-11-12-5)2-3-7(9(8)13)10(14)15/h2-4,7,12H,1H3,(H,14,15). The number of nitrogens with zero attached hydrogens (tertiary/aromatic N) is 1. The molecule has 2 rings (SSSR count). The van der Waals surface area contributed by atoms with Crippen LogP contribution in [0, 0.1) is 5.92 Å². The fourth-order valence-corrected chi connectivity index (χ4v) is 1.63. The molecule has 0 amide bonds. The Balaban J connectivity index is 2.49. The van der Waals surface area contributed by atoms with Crippen LogP contribution in [0.5, 0.6) is 0 Å². The van der Waals surface area contributed by atoms with Gasteiger partial charge in [-0.25, -0.2) is 0 Å². The molecule has 1 heterocycles. The van der Waals surface area contributed by atoms with E-state index in [1.165, 1.54) is 12.3 Å². The molecule has 0 bridgehead atoms. The van der Waals surface area contributed by atoms with Gasteiger partial charge in [0, 0.05) is 16.8 Å². The second kappa shape index (κ2) is 3.27. The zero-order valence-electron chi connectivity index (χ0n) is 8.02. The van der Waals surface area contributed by atoms with Crippen molar-refractivity contribution < 1.29 is 14.7 Å². The van der Waals surface area contributed by atoms with Gasteiger partial charge in [-0.1, -0.05) is 12.2 Å². The number of fused-ring (bicyclic) bond motifs is 1. The number of nitrogens with one attached hydrogen (secondary N) is 1. The number of rotatable bonds is 1. The van der Waals surface area contributed by atoms with Gasteiger partial charge in [-0.2, -0.15) is 5.43 Å². The van der Waals surface area contributed by atoms with Gasteiger partial charge in [0.1, 0.15) is 5.92 Å². The molecule has 77 valence electrons. The zero-order chi connectivity index (χ0) is 11.0. The van der Waals surface area contributed by atoms with Gasteiger partial charge in [0.15, 0.2) is 5.78 Å². The van der Waals surface area contributed by atoms with E-state index >= 15 is 0 Å². The Morgan fingerprint density at radius 2 is 2.33 bits per heavy atom. The highest BCUT2D eigenvalue weighted by atomic mass is 16.4. The molecule has 0 saturated heterocycles. The monoisotopic (exact) mass is 205 g/mol. The van der Waals surface area contributed by atoms with Crippen LogP contribution in [0.25, 0.3) is 0 Å². The molecule has 1 aliphatic carbocycles. The normalized spacial score (nSPS) is 23.9. The van der Waals surface area contributed by atoms with Crippen LogP contribution in [0.4, 0.5) is 0 Å². The van der Waals surface area contributed by atoms with Crippen LogP contribution < -0.4 is 10.9 Å². The Hall–Kier alpha value is -2.04. The summed E-state index contributed by atoms with van der Waals surface area (Å²) in [6.45, 7) is 1.70. The SMILES string of the molecule is CC1=C2C(=O)C(C(=O)O)C=CC2=C[N]N1. The fraction of sp³-hybridized carbons (Fsp3) is 0.200. The van der Waals surface area contributed by atoms with E-state index in [-0.39, 0.29) is 0 Å². The molecule has 0 aromatic rings. The molecule has 15 heavy (non-hydrogen) atoms. The van der Waals surface area contributed by atoms with Crippen molar-refractivity contribution in [2.45, 2.75) is 6.92 Å². The number of hydrogen-bond acceptors (Lipinski definition) is 3. The fourth-order valence-electron chi connectivity index (χ4n) is 1.63. The van der Waals surface area contributed by atoms with Gasteiger partial charge in [-0.3, -0.25) is 15.0 Å². The minimum atomic E-state index is -1.13. The first-order valence-corrected chi connectivity index (χ1v) is 4.44. The van der Waals surface area contributed by atoms with Crippen molar-refractivity contribution in [1.29, 1.82) is 0 Å². The van der Waals surface area contributed by atoms with Crippen LogP contribution in [0.3, 0.4) is 0 Å². The molecule has 0 saturated carbocycles. The van der Waals surface area contributed by atoms with E-state index in [2.05, 4.69) is 10.9 Å². The first-order chi connectivity index (χ1) is 7.11. The number of aliphatic carboxylic acids is 1. The summed E-state index contributed by atoms with van der Waals surface area (Å²) in [5.41, 5.74) is 8.15. The molecule has 2 N–H and O–H groups in total. The Labute approximate surface area is 86.1 Å². The van der Waals surface area contributed by atoms with Crippen molar-refractivity contribution in [3.8, 4) is 0 Å². The summed E-state index contributed by atoms with van der Waals surface area (Å²) in [5.74, 6) is -2.60. The van der Waals surface area contributed by atoms with E-state index in [4.69, 9.17) is 5.11 Å². The summed E-state index contributed by atoms with van der Waals surface area (Å²) in [7, 11) is 0. The van der Waals surface area contributed by atoms with Crippen molar-refractivity contribution in [2.24, 2.45) is 5.92 Å². The van der Waals surface area contributed by atoms with E-state index < -0.39 is 17.7 Å². The third kappa shape index (κ3) is 1.41. The summed E-state index contributed by atoms with van der Waals surface area (Å²) in [4.78, 5) is 22.6. The molecule has 2 aliphatic rings. The Morgan fingerprint density at radius 1 is 1.60 bits per heavy atom. The van der Waals surface area contributed by atoms with E-state index in [0.717, 1.165) is 0 Å². The number of hydrogen-bond donors (Lipinski definition) is 2. The lowest BCUT2D eigenvalue weighted by molar-refractivity contribution is -0.143. The summed E-state index contributed by atoms with van der Waals surface area (Å²) >= 11 is 0. The Bertz CT molecular complexity index is 432. The lowest BCUT2D eigenvalue weighted by atomic mass is 9.85. The number of carboxylic acid groups (broad SMARTS) is 1. The summed E-state index contributed by atoms with van der Waals surface area (Å²) < 4.78 is 0. The largest absolute Gasteiger partial charge is 0.480 e. The molecule has 1 atom stereocenters. The van der Waals surface area contributed by atoms with Crippen LogP contribution in [-0.4, -0.2) is 16.9 Å². The Morgan fingerprint density at radius 3 is 3.00 bits per heavy atom. The minimum Gasteiger partial charge on any atom is -0.480 e. The van der Waals surface area contributed by atoms with Gasteiger partial charge in [0.2, 0.25) is 0 Å². The molecule has 5 heteroatoms. The highest BCUT2D eigenvalue weighted by Crippen LogP contribution is 2.27. The lowest BCUT2D eigenvalue weighted by Crippen LogP contribution is -2.33. The molecule has 1 aliphatic heterocycles. The maximum absolute atomic E-state index is 11.8. The topological polar surface area (TPSA) is 80.5 Å². The van der Waals surface area contributed by atoms with Crippen LogP contribution in [0.2, 0.25) is 0 Å². The molecule has 0 aromatic carbocycles. The predicted octanol–water partition coefficient (Wildman–Crippen LogP) is 0.107. The third-order valence-corrected chi connectivity index (χ3v) is 2.36. The average molecular weight is 205 g/mol. The van der Waals surface area contributed by atoms with Crippen molar-refractivity contribution >= 4 is 11.8 Å². The molecule has 0 fully saturated rings. The number of carbonyl (C=O) groups is 2. The van der Waals surface area contributed by atoms with Crippen molar-refractivity contribution in [2.75, 3.05) is 0 Å². The van der Waals surface area contributed by atoms with Crippen LogP contribution in [0.15, 0.2) is 35.2 Å². The summed E-state index contributed by atoms with van der Waals surface area (Å²) in [5, 5.41) is 8.83. The van der Waals surface area contributed by atoms with Crippen LogP contribution in [0.1, 0.15) is 6.92 Å². The predicted molar refractivity (Wildman–Crippen MR) is 51.3 cm³/mol. The molecule has 5 nitrogen and oxygen atoms in total. The lowest BCUT2D eigenvalue weighted by Gasteiger charge is -2.22. The smallest absolute Gasteiger partial charge is 0.318 e. The summed E-state index contributed by atoms with van der Waals surface area (Å²) in [6, 6.07) is 0. The van der Waals surface area contributed by atoms with E-state index in [9.17, 15) is 9.59 Å². The van der Waals surface area contributed by atoms with Crippen molar-refractivity contribution in [1.82, 2.24) is 10.9 Å². The average Bonchev–Trinajstić information content (AvgIpc) is 2.17. The molecular formula is C10H9N2O3. The van der Waals surface area contributed by atoms with E-state index in [0.29, 0.717) is 16.8 Å². The second-order valence-corrected chi connectivity index (χ2v) is 3.36. The van der Waals surface area contributed by atoms with Gasteiger partial charge in [0.05, 0.1) is 6.20 Å². The second-order valence-electron chi connectivity index (χ2n) is 3.36.